The van der Waals surface area contributed by atoms with E-state index in [0.29, 0.717) is 28.0 Å². The standard InChI is InChI=1S/C24H19FN2O3S/c1-29-22-12-7-16(13-17(22)15-30-20-10-8-18(25)9-11-20)14-21-23(28)27(24(31)26-21)19-5-3-2-4-6-19/h2-14H,15H2,1H3,(H,26,31)/b21-14-. The van der Waals surface area contributed by atoms with Crippen molar-refractivity contribution < 1.29 is 18.7 Å². The summed E-state index contributed by atoms with van der Waals surface area (Å²) >= 11 is 5.35. The molecule has 0 radical (unpaired) electrons. The highest BCUT2D eigenvalue weighted by Gasteiger charge is 2.31. The maximum Gasteiger partial charge on any atom is 0.281 e. The number of para-hydroxylation sites is 1. The summed E-state index contributed by atoms with van der Waals surface area (Å²) in [5, 5.41) is 3.31. The van der Waals surface area contributed by atoms with Crippen LogP contribution in [0.3, 0.4) is 0 Å². The van der Waals surface area contributed by atoms with Gasteiger partial charge in [0.25, 0.3) is 5.91 Å². The fraction of sp³-hybridized carbons (Fsp3) is 0.0833. The first-order chi connectivity index (χ1) is 15.0. The van der Waals surface area contributed by atoms with Gasteiger partial charge in [0, 0.05) is 5.56 Å². The van der Waals surface area contributed by atoms with Crippen molar-refractivity contribution in [3.05, 3.63) is 95.4 Å². The largest absolute Gasteiger partial charge is 0.496 e. The van der Waals surface area contributed by atoms with Gasteiger partial charge in [-0.3, -0.25) is 9.69 Å². The quantitative estimate of drug-likeness (QED) is 0.451. The number of carbonyl (C=O) groups excluding carboxylic acids is 1. The van der Waals surface area contributed by atoms with Gasteiger partial charge in [-0.1, -0.05) is 24.3 Å². The lowest BCUT2D eigenvalue weighted by atomic mass is 10.1. The maximum atomic E-state index is 13.1. The van der Waals surface area contributed by atoms with Crippen LogP contribution < -0.4 is 19.7 Å². The number of rotatable bonds is 6. The molecule has 4 rings (SSSR count). The molecule has 1 heterocycles. The van der Waals surface area contributed by atoms with E-state index in [0.717, 1.165) is 11.1 Å². The second-order valence-corrected chi connectivity index (χ2v) is 7.16. The summed E-state index contributed by atoms with van der Waals surface area (Å²) in [5.74, 6) is 0.644. The number of anilines is 1. The third kappa shape index (κ3) is 4.57. The van der Waals surface area contributed by atoms with Crippen LogP contribution in [0, 0.1) is 5.82 Å². The minimum absolute atomic E-state index is 0.224. The highest BCUT2D eigenvalue weighted by molar-refractivity contribution is 7.80. The van der Waals surface area contributed by atoms with E-state index in [1.165, 1.54) is 17.0 Å². The third-order valence-electron chi connectivity index (χ3n) is 4.72. The number of amides is 1. The van der Waals surface area contributed by atoms with Crippen molar-refractivity contribution in [1.29, 1.82) is 0 Å². The Morgan fingerprint density at radius 1 is 1.06 bits per heavy atom. The van der Waals surface area contributed by atoms with Crippen LogP contribution in [0.25, 0.3) is 6.08 Å². The van der Waals surface area contributed by atoms with Crippen LogP contribution >= 0.6 is 12.2 Å². The predicted octanol–water partition coefficient (Wildman–Crippen LogP) is 4.68. The second-order valence-electron chi connectivity index (χ2n) is 6.78. The van der Waals surface area contributed by atoms with Crippen LogP contribution in [0.2, 0.25) is 0 Å². The summed E-state index contributed by atoms with van der Waals surface area (Å²) in [6.45, 7) is 0.224. The van der Waals surface area contributed by atoms with Crippen LogP contribution in [-0.4, -0.2) is 18.1 Å². The average Bonchev–Trinajstić information content (AvgIpc) is 3.06. The molecule has 0 unspecified atom stereocenters. The number of methoxy groups -OCH3 is 1. The molecule has 7 heteroatoms. The van der Waals surface area contributed by atoms with E-state index in [9.17, 15) is 9.18 Å². The zero-order valence-corrected chi connectivity index (χ0v) is 17.5. The van der Waals surface area contributed by atoms with Gasteiger partial charge in [0.1, 0.15) is 29.6 Å². The molecule has 0 aliphatic carbocycles. The SMILES string of the molecule is COc1ccc(/C=C2\NC(=S)N(c3ccccc3)C2=O)cc1COc1ccc(F)cc1. The number of hydrogen-bond acceptors (Lipinski definition) is 4. The molecule has 0 spiro atoms. The number of carbonyl (C=O) groups is 1. The normalized spacial score (nSPS) is 14.6. The van der Waals surface area contributed by atoms with Gasteiger partial charge in [-0.05, 0) is 72.4 Å². The van der Waals surface area contributed by atoms with Gasteiger partial charge in [-0.25, -0.2) is 4.39 Å². The van der Waals surface area contributed by atoms with Crippen LogP contribution in [0.5, 0.6) is 11.5 Å². The van der Waals surface area contributed by atoms with Crippen LogP contribution in [0.15, 0.2) is 78.5 Å². The van der Waals surface area contributed by atoms with Crippen LogP contribution in [0.1, 0.15) is 11.1 Å². The molecule has 1 fully saturated rings. The van der Waals surface area contributed by atoms with Gasteiger partial charge in [0.2, 0.25) is 0 Å². The van der Waals surface area contributed by atoms with E-state index >= 15 is 0 Å². The van der Waals surface area contributed by atoms with Crippen molar-refractivity contribution in [2.24, 2.45) is 0 Å². The first-order valence-corrected chi connectivity index (χ1v) is 9.93. The zero-order valence-electron chi connectivity index (χ0n) is 16.7. The monoisotopic (exact) mass is 434 g/mol. The second kappa shape index (κ2) is 8.97. The number of nitrogens with one attached hydrogen (secondary N) is 1. The minimum atomic E-state index is -0.324. The first kappa shape index (κ1) is 20.6. The summed E-state index contributed by atoms with van der Waals surface area (Å²) < 4.78 is 24.2. The van der Waals surface area contributed by atoms with Crippen LogP contribution in [0.4, 0.5) is 10.1 Å². The van der Waals surface area contributed by atoms with Gasteiger partial charge < -0.3 is 14.8 Å². The summed E-state index contributed by atoms with van der Waals surface area (Å²) in [5.41, 5.74) is 2.65. The molecule has 0 atom stereocenters. The predicted molar refractivity (Wildman–Crippen MR) is 121 cm³/mol. The Labute approximate surface area is 184 Å². The third-order valence-corrected chi connectivity index (χ3v) is 5.00. The molecule has 3 aromatic carbocycles. The molecule has 156 valence electrons. The average molecular weight is 434 g/mol. The number of nitrogens with zero attached hydrogens (tertiary/aromatic N) is 1. The van der Waals surface area contributed by atoms with Gasteiger partial charge in [-0.2, -0.15) is 0 Å². The lowest BCUT2D eigenvalue weighted by Crippen LogP contribution is -2.30. The van der Waals surface area contributed by atoms with Gasteiger partial charge >= 0.3 is 0 Å². The molecule has 1 N–H and O–H groups in total. The van der Waals surface area contributed by atoms with Gasteiger partial charge in [-0.15, -0.1) is 0 Å². The first-order valence-electron chi connectivity index (χ1n) is 9.52. The molecule has 31 heavy (non-hydrogen) atoms. The summed E-state index contributed by atoms with van der Waals surface area (Å²) in [6, 6.07) is 20.6. The van der Waals surface area contributed by atoms with Crippen molar-refractivity contribution in [1.82, 2.24) is 5.32 Å². The number of ether oxygens (including phenoxy) is 2. The fourth-order valence-corrected chi connectivity index (χ4v) is 3.50. The molecule has 3 aromatic rings. The summed E-state index contributed by atoms with van der Waals surface area (Å²) in [6.07, 6.45) is 1.73. The number of halogens is 1. The molecule has 0 bridgehead atoms. The summed E-state index contributed by atoms with van der Waals surface area (Å²) in [4.78, 5) is 14.4. The van der Waals surface area contributed by atoms with Crippen molar-refractivity contribution in [2.45, 2.75) is 6.61 Å². The molecule has 1 amide bonds. The van der Waals surface area contributed by atoms with Gasteiger partial charge in [0.05, 0.1) is 12.8 Å². The number of benzene rings is 3. The Hall–Kier alpha value is -3.71. The fourth-order valence-electron chi connectivity index (χ4n) is 3.21. The summed E-state index contributed by atoms with van der Waals surface area (Å²) in [7, 11) is 1.58. The minimum Gasteiger partial charge on any atom is -0.496 e. The van der Waals surface area contributed by atoms with Crippen molar-refractivity contribution >= 4 is 35.0 Å². The van der Waals surface area contributed by atoms with Crippen molar-refractivity contribution in [3.8, 4) is 11.5 Å². The lowest BCUT2D eigenvalue weighted by Gasteiger charge is -2.13. The molecular weight excluding hydrogens is 415 g/mol. The highest BCUT2D eigenvalue weighted by Crippen LogP contribution is 2.26. The van der Waals surface area contributed by atoms with E-state index in [2.05, 4.69) is 5.32 Å². The molecular formula is C24H19FN2O3S. The zero-order chi connectivity index (χ0) is 21.8. The maximum absolute atomic E-state index is 13.1. The Morgan fingerprint density at radius 2 is 1.81 bits per heavy atom. The molecule has 1 saturated heterocycles. The van der Waals surface area contributed by atoms with Crippen molar-refractivity contribution in [2.75, 3.05) is 12.0 Å². The van der Waals surface area contributed by atoms with E-state index in [-0.39, 0.29) is 18.3 Å². The van der Waals surface area contributed by atoms with Crippen molar-refractivity contribution in [3.63, 3.8) is 0 Å². The molecule has 5 nitrogen and oxygen atoms in total. The van der Waals surface area contributed by atoms with Gasteiger partial charge in [0.15, 0.2) is 5.11 Å². The smallest absolute Gasteiger partial charge is 0.281 e. The van der Waals surface area contributed by atoms with E-state index in [1.54, 1.807) is 25.3 Å². The van der Waals surface area contributed by atoms with Crippen LogP contribution in [-0.2, 0) is 11.4 Å². The Kier molecular flexibility index (Phi) is 5.95. The highest BCUT2D eigenvalue weighted by atomic mass is 32.1. The number of hydrogen-bond donors (Lipinski definition) is 1. The number of thiocarbonyl (C=S) groups is 1. The topological polar surface area (TPSA) is 50.8 Å². The molecule has 1 aliphatic heterocycles. The molecule has 0 saturated carbocycles. The Morgan fingerprint density at radius 3 is 2.52 bits per heavy atom. The van der Waals surface area contributed by atoms with E-state index in [4.69, 9.17) is 21.7 Å². The molecule has 1 aliphatic rings. The van der Waals surface area contributed by atoms with E-state index < -0.39 is 0 Å². The Balaban J connectivity index is 1.56. The molecule has 0 aromatic heterocycles. The Bertz CT molecular complexity index is 1150. The lowest BCUT2D eigenvalue weighted by molar-refractivity contribution is -0.113. The van der Waals surface area contributed by atoms with E-state index in [1.807, 2.05) is 48.5 Å².